The van der Waals surface area contributed by atoms with Crippen LogP contribution in [0, 0.1) is 0 Å². The van der Waals surface area contributed by atoms with Gasteiger partial charge in [-0.3, -0.25) is 15.0 Å². The zero-order valence-electron chi connectivity index (χ0n) is 42.6. The fraction of sp³-hybridized carbons (Fsp3) is 0. The molecule has 0 bridgehead atoms. The lowest BCUT2D eigenvalue weighted by Crippen LogP contribution is -1.95. The minimum Gasteiger partial charge on any atom is -0.256 e. The molecule has 0 aliphatic heterocycles. The van der Waals surface area contributed by atoms with Crippen LogP contribution in [-0.2, 0) is 0 Å². The fourth-order valence-corrected chi connectivity index (χ4v) is 11.5. The molecule has 0 aliphatic carbocycles. The van der Waals surface area contributed by atoms with Crippen LogP contribution < -0.4 is 0 Å². The second kappa shape index (κ2) is 20.1. The maximum Gasteiger partial charge on any atom is 0.0708 e. The summed E-state index contributed by atoms with van der Waals surface area (Å²) < 4.78 is 0. The van der Waals surface area contributed by atoms with E-state index >= 15 is 0 Å². The molecule has 0 atom stereocenters. The van der Waals surface area contributed by atoms with Gasteiger partial charge in [0.1, 0.15) is 0 Å². The Labute approximate surface area is 454 Å². The van der Waals surface area contributed by atoms with E-state index in [9.17, 15) is 0 Å². The zero-order valence-corrected chi connectivity index (χ0v) is 42.6. The lowest BCUT2D eigenvalue weighted by Gasteiger charge is -2.19. The van der Waals surface area contributed by atoms with Gasteiger partial charge in [0.25, 0.3) is 0 Å². The highest BCUT2D eigenvalue weighted by molar-refractivity contribution is 6.26. The van der Waals surface area contributed by atoms with Gasteiger partial charge >= 0.3 is 0 Å². The van der Waals surface area contributed by atoms with E-state index < -0.39 is 0 Å². The van der Waals surface area contributed by atoms with Gasteiger partial charge in [-0.1, -0.05) is 237 Å². The standard InChI is InChI=1S/C75H49N3/c1-4-20-50(21-5-1)73-40-37-54(47-76-73)59-26-10-12-28-61(59)56-42-57(62-29-13-11-27-60(62)55-38-41-74(77-48-55)51-22-6-2-7-23-51)44-58(43-56)63-30-14-15-31-64(63)72-49-78-75(52-24-8-3-9-25-52)46-70(72)53-36-39-69-67-34-17-16-32-65(67)66-33-18-19-35-68(66)71(69)45-53/h1-49H. The van der Waals surface area contributed by atoms with Crippen molar-refractivity contribution in [3.63, 3.8) is 0 Å². The van der Waals surface area contributed by atoms with Crippen molar-refractivity contribution in [2.24, 2.45) is 0 Å². The molecule has 0 fully saturated rings. The van der Waals surface area contributed by atoms with Crippen molar-refractivity contribution in [3.05, 3.63) is 298 Å². The molecule has 0 unspecified atom stereocenters. The van der Waals surface area contributed by atoms with Crippen molar-refractivity contribution in [3.8, 4) is 112 Å². The lowest BCUT2D eigenvalue weighted by molar-refractivity contribution is 1.32. The molecular weight excluding hydrogens is 943 g/mol. The average molecular weight is 992 g/mol. The molecule has 3 heteroatoms. The first-order valence-electron chi connectivity index (χ1n) is 26.5. The number of hydrogen-bond donors (Lipinski definition) is 0. The lowest BCUT2D eigenvalue weighted by atomic mass is 9.85. The van der Waals surface area contributed by atoms with Crippen molar-refractivity contribution in [2.45, 2.75) is 0 Å². The molecule has 11 aromatic carbocycles. The summed E-state index contributed by atoms with van der Waals surface area (Å²) in [5, 5.41) is 7.47. The maximum atomic E-state index is 5.26. The summed E-state index contributed by atoms with van der Waals surface area (Å²) in [5.41, 5.74) is 21.4. The van der Waals surface area contributed by atoms with E-state index in [0.717, 1.165) is 112 Å². The summed E-state index contributed by atoms with van der Waals surface area (Å²) in [6.45, 7) is 0. The van der Waals surface area contributed by atoms with E-state index in [1.54, 1.807) is 0 Å². The molecule has 3 nitrogen and oxygen atoms in total. The highest BCUT2D eigenvalue weighted by Crippen LogP contribution is 2.46. The number of rotatable bonds is 10. The van der Waals surface area contributed by atoms with Crippen LogP contribution in [0.5, 0.6) is 0 Å². The smallest absolute Gasteiger partial charge is 0.0708 e. The normalized spacial score (nSPS) is 11.3. The monoisotopic (exact) mass is 991 g/mol. The van der Waals surface area contributed by atoms with Gasteiger partial charge in [-0.25, -0.2) is 0 Å². The molecule has 14 rings (SSSR count). The van der Waals surface area contributed by atoms with Crippen LogP contribution in [0.3, 0.4) is 0 Å². The zero-order chi connectivity index (χ0) is 51.8. The van der Waals surface area contributed by atoms with Crippen molar-refractivity contribution in [1.29, 1.82) is 0 Å². The van der Waals surface area contributed by atoms with Crippen LogP contribution in [0.25, 0.3) is 144 Å². The summed E-state index contributed by atoms with van der Waals surface area (Å²) in [6.07, 6.45) is 6.11. The Morgan fingerprint density at radius 3 is 0.923 bits per heavy atom. The number of benzene rings is 11. The van der Waals surface area contributed by atoms with Crippen LogP contribution in [0.15, 0.2) is 298 Å². The fourth-order valence-electron chi connectivity index (χ4n) is 11.5. The largest absolute Gasteiger partial charge is 0.256 e. The molecule has 0 amide bonds. The molecule has 0 aliphatic rings. The Balaban J connectivity index is 0.970. The molecule has 0 radical (unpaired) electrons. The van der Waals surface area contributed by atoms with Gasteiger partial charge in [-0.15, -0.1) is 0 Å². The van der Waals surface area contributed by atoms with Crippen LogP contribution in [0.4, 0.5) is 0 Å². The average Bonchev–Trinajstić information content (AvgIpc) is 3.71. The van der Waals surface area contributed by atoms with E-state index in [1.807, 2.05) is 24.5 Å². The number of pyridine rings is 3. The molecule has 14 aromatic rings. The van der Waals surface area contributed by atoms with Gasteiger partial charge in [-0.05, 0) is 136 Å². The van der Waals surface area contributed by atoms with Crippen LogP contribution in [0.2, 0.25) is 0 Å². The van der Waals surface area contributed by atoms with Gasteiger partial charge in [0.2, 0.25) is 0 Å². The van der Waals surface area contributed by atoms with Crippen molar-refractivity contribution in [1.82, 2.24) is 15.0 Å². The summed E-state index contributed by atoms with van der Waals surface area (Å²) >= 11 is 0. The van der Waals surface area contributed by atoms with Crippen LogP contribution >= 0.6 is 0 Å². The molecule has 3 aromatic heterocycles. The molecule has 0 spiro atoms. The van der Waals surface area contributed by atoms with Gasteiger partial charge in [-0.2, -0.15) is 0 Å². The second-order valence-corrected chi connectivity index (χ2v) is 19.9. The van der Waals surface area contributed by atoms with Gasteiger partial charge in [0.05, 0.1) is 17.1 Å². The van der Waals surface area contributed by atoms with Gasteiger partial charge in [0, 0.05) is 52.0 Å². The third-order valence-electron chi connectivity index (χ3n) is 15.3. The second-order valence-electron chi connectivity index (χ2n) is 19.9. The Morgan fingerprint density at radius 1 is 0.154 bits per heavy atom. The molecule has 78 heavy (non-hydrogen) atoms. The topological polar surface area (TPSA) is 38.7 Å². The first-order valence-corrected chi connectivity index (χ1v) is 26.5. The molecule has 0 saturated heterocycles. The highest BCUT2D eigenvalue weighted by atomic mass is 14.7. The third kappa shape index (κ3) is 8.60. The Bertz CT molecular complexity index is 4330. The molecule has 0 N–H and O–H groups in total. The number of fused-ring (bicyclic) bond motifs is 6. The van der Waals surface area contributed by atoms with Gasteiger partial charge < -0.3 is 0 Å². The minimum atomic E-state index is 0.922. The molecule has 0 saturated carbocycles. The van der Waals surface area contributed by atoms with Gasteiger partial charge in [0.15, 0.2) is 0 Å². The van der Waals surface area contributed by atoms with E-state index in [-0.39, 0.29) is 0 Å². The van der Waals surface area contributed by atoms with Crippen molar-refractivity contribution in [2.75, 3.05) is 0 Å². The number of nitrogens with zero attached hydrogens (tertiary/aromatic N) is 3. The van der Waals surface area contributed by atoms with Crippen LogP contribution in [0.1, 0.15) is 0 Å². The molecule has 364 valence electrons. The summed E-state index contributed by atoms with van der Waals surface area (Å²) in [7, 11) is 0. The quantitative estimate of drug-likeness (QED) is 0.128. The first kappa shape index (κ1) is 46.2. The maximum absolute atomic E-state index is 5.26. The molecular formula is C75H49N3. The highest BCUT2D eigenvalue weighted by Gasteiger charge is 2.20. The predicted octanol–water partition coefficient (Wildman–Crippen LogP) is 20.0. The van der Waals surface area contributed by atoms with E-state index in [2.05, 4.69) is 273 Å². The van der Waals surface area contributed by atoms with E-state index in [1.165, 1.54) is 32.3 Å². The minimum absolute atomic E-state index is 0.922. The third-order valence-corrected chi connectivity index (χ3v) is 15.3. The SMILES string of the molecule is c1ccc(-c2ccc(-c3ccccc3-c3cc(-c4ccccc4-c4ccc(-c5ccccc5)nc4)cc(-c4ccccc4-c4cnc(-c5ccccc5)cc4-c4ccc5c6ccccc6c6ccccc6c5c4)c3)cn2)cc1. The Morgan fingerprint density at radius 2 is 0.487 bits per heavy atom. The summed E-state index contributed by atoms with van der Waals surface area (Å²) in [6, 6.07) is 100. The van der Waals surface area contributed by atoms with E-state index in [0.29, 0.717) is 0 Å². The number of hydrogen-bond acceptors (Lipinski definition) is 3. The Hall–Kier alpha value is -10.4. The Kier molecular flexibility index (Phi) is 11.9. The predicted molar refractivity (Wildman–Crippen MR) is 327 cm³/mol. The summed E-state index contributed by atoms with van der Waals surface area (Å²) in [4.78, 5) is 15.3. The van der Waals surface area contributed by atoms with Crippen LogP contribution in [-0.4, -0.2) is 15.0 Å². The molecule has 3 heterocycles. The summed E-state index contributed by atoms with van der Waals surface area (Å²) in [5.74, 6) is 0. The first-order chi connectivity index (χ1) is 38.7. The van der Waals surface area contributed by atoms with Crippen molar-refractivity contribution < 1.29 is 0 Å². The van der Waals surface area contributed by atoms with E-state index in [4.69, 9.17) is 15.0 Å². The van der Waals surface area contributed by atoms with Crippen molar-refractivity contribution >= 4 is 32.3 Å². The number of aromatic nitrogens is 3.